The first kappa shape index (κ1) is 28.3. The quantitative estimate of drug-likeness (QED) is 0.142. The summed E-state index contributed by atoms with van der Waals surface area (Å²) in [6.45, 7) is 3.99. The number of hydrogen-bond acceptors (Lipinski definition) is 7. The number of fused-ring (bicyclic) bond motifs is 1. The molecule has 202 valence electrons. The van der Waals surface area contributed by atoms with Gasteiger partial charge in [0.05, 0.1) is 22.9 Å². The molecule has 0 saturated heterocycles. The minimum absolute atomic E-state index is 0.0158. The number of hydrogen-bond donors (Lipinski definition) is 3. The summed E-state index contributed by atoms with van der Waals surface area (Å²) in [5.41, 5.74) is 0.308. The molecular formula is C27H23Cl2N3O6S. The molecule has 12 heteroatoms. The van der Waals surface area contributed by atoms with Crippen LogP contribution in [0.1, 0.15) is 29.8 Å². The number of amides is 1. The molecule has 39 heavy (non-hydrogen) atoms. The van der Waals surface area contributed by atoms with Crippen LogP contribution < -0.4 is 10.1 Å². The Kier molecular flexibility index (Phi) is 8.41. The Morgan fingerprint density at radius 1 is 0.974 bits per heavy atom. The summed E-state index contributed by atoms with van der Waals surface area (Å²) < 4.78 is 39.1. The van der Waals surface area contributed by atoms with Crippen molar-refractivity contribution in [1.82, 2.24) is 0 Å². The zero-order valence-electron chi connectivity index (χ0n) is 20.8. The monoisotopic (exact) mass is 587 g/mol. The summed E-state index contributed by atoms with van der Waals surface area (Å²) in [4.78, 5) is 12.7. The van der Waals surface area contributed by atoms with E-state index < -0.39 is 26.7 Å². The van der Waals surface area contributed by atoms with Gasteiger partial charge in [0.15, 0.2) is 5.75 Å². The number of ether oxygens (including phenoxy) is 1. The van der Waals surface area contributed by atoms with Crippen molar-refractivity contribution >= 4 is 67.1 Å². The molecule has 0 atom stereocenters. The number of anilines is 1. The van der Waals surface area contributed by atoms with E-state index in [2.05, 4.69) is 15.5 Å². The Bertz CT molecular complexity index is 1720. The zero-order chi connectivity index (χ0) is 28.3. The molecule has 0 aliphatic carbocycles. The highest BCUT2D eigenvalue weighted by Gasteiger charge is 2.23. The molecule has 0 radical (unpaired) electrons. The van der Waals surface area contributed by atoms with E-state index in [4.69, 9.17) is 27.9 Å². The normalized spacial score (nSPS) is 11.7. The summed E-state index contributed by atoms with van der Waals surface area (Å²) in [6.07, 6.45) is 0.462. The Balaban J connectivity index is 1.84. The summed E-state index contributed by atoms with van der Waals surface area (Å²) in [5, 5.41) is 23.1. The van der Waals surface area contributed by atoms with Crippen LogP contribution in [0.3, 0.4) is 0 Å². The lowest BCUT2D eigenvalue weighted by atomic mass is 10.0. The standard InChI is InChI=1S/C27H23Cl2N3O6S/c1-3-15-12-13-21(39(35,36)37)25(22(15)28)32-31-24-17-9-6-5-8-16(17)14-18(26(24)33)27(34)30-19-10-7-11-20(23(19)29)38-4-2/h5-14,33H,3-4H2,1-2H3,(H,30,34)(H,35,36,37). The van der Waals surface area contributed by atoms with E-state index in [0.717, 1.165) is 0 Å². The van der Waals surface area contributed by atoms with Crippen LogP contribution in [0.4, 0.5) is 17.1 Å². The Morgan fingerprint density at radius 2 is 1.69 bits per heavy atom. The summed E-state index contributed by atoms with van der Waals surface area (Å²) in [6, 6.07) is 15.8. The first-order valence-electron chi connectivity index (χ1n) is 11.7. The fourth-order valence-corrected chi connectivity index (χ4v) is 5.17. The number of phenolic OH excluding ortho intramolecular Hbond substituents is 1. The van der Waals surface area contributed by atoms with Crippen LogP contribution >= 0.6 is 23.2 Å². The average molecular weight is 588 g/mol. The highest BCUT2D eigenvalue weighted by atomic mass is 35.5. The van der Waals surface area contributed by atoms with Crippen molar-refractivity contribution in [2.24, 2.45) is 10.2 Å². The Labute approximate surface area is 234 Å². The highest BCUT2D eigenvalue weighted by Crippen LogP contribution is 2.42. The Hall–Kier alpha value is -3.70. The van der Waals surface area contributed by atoms with E-state index in [0.29, 0.717) is 35.1 Å². The molecule has 0 aromatic heterocycles. The van der Waals surface area contributed by atoms with E-state index in [1.54, 1.807) is 49.4 Å². The second-order valence-corrected chi connectivity index (χ2v) is 10.4. The molecule has 0 unspecified atom stereocenters. The molecule has 4 aromatic rings. The van der Waals surface area contributed by atoms with Gasteiger partial charge in [-0.2, -0.15) is 8.42 Å². The maximum Gasteiger partial charge on any atom is 0.296 e. The van der Waals surface area contributed by atoms with Crippen LogP contribution in [-0.4, -0.2) is 30.6 Å². The number of azo groups is 1. The lowest BCUT2D eigenvalue weighted by Crippen LogP contribution is -2.13. The molecule has 0 aliphatic rings. The van der Waals surface area contributed by atoms with Crippen molar-refractivity contribution in [3.63, 3.8) is 0 Å². The minimum Gasteiger partial charge on any atom is -0.505 e. The van der Waals surface area contributed by atoms with Crippen molar-refractivity contribution < 1.29 is 27.6 Å². The number of carbonyl (C=O) groups is 1. The molecule has 0 bridgehead atoms. The zero-order valence-corrected chi connectivity index (χ0v) is 23.1. The largest absolute Gasteiger partial charge is 0.505 e. The molecule has 0 fully saturated rings. The number of phenols is 1. The first-order valence-corrected chi connectivity index (χ1v) is 13.9. The molecule has 0 saturated carbocycles. The fourth-order valence-electron chi connectivity index (χ4n) is 3.92. The molecule has 4 aromatic carbocycles. The lowest BCUT2D eigenvalue weighted by Gasteiger charge is -2.14. The summed E-state index contributed by atoms with van der Waals surface area (Å²) in [7, 11) is -4.69. The lowest BCUT2D eigenvalue weighted by molar-refractivity contribution is 0.102. The van der Waals surface area contributed by atoms with Gasteiger partial charge in [-0.15, -0.1) is 10.2 Å². The molecule has 0 aliphatic heterocycles. The van der Waals surface area contributed by atoms with Crippen molar-refractivity contribution in [3.05, 3.63) is 81.8 Å². The van der Waals surface area contributed by atoms with Gasteiger partial charge in [-0.25, -0.2) is 0 Å². The van der Waals surface area contributed by atoms with Gasteiger partial charge in [-0.3, -0.25) is 9.35 Å². The number of halogens is 2. The van der Waals surface area contributed by atoms with E-state index in [1.807, 2.05) is 6.92 Å². The minimum atomic E-state index is -4.69. The fraction of sp³-hybridized carbons (Fsp3) is 0.148. The van der Waals surface area contributed by atoms with Crippen LogP contribution in [0, 0.1) is 0 Å². The first-order chi connectivity index (χ1) is 18.6. The van der Waals surface area contributed by atoms with Gasteiger partial charge < -0.3 is 15.2 Å². The third-order valence-electron chi connectivity index (χ3n) is 5.82. The second-order valence-electron chi connectivity index (χ2n) is 8.26. The predicted molar refractivity (Wildman–Crippen MR) is 151 cm³/mol. The number of aromatic hydroxyl groups is 1. The number of benzene rings is 4. The topological polar surface area (TPSA) is 138 Å². The van der Waals surface area contributed by atoms with Crippen LogP contribution in [0.2, 0.25) is 10.0 Å². The van der Waals surface area contributed by atoms with Crippen LogP contribution in [0.15, 0.2) is 75.8 Å². The number of carbonyl (C=O) groups excluding carboxylic acids is 1. The van der Waals surface area contributed by atoms with E-state index in [1.165, 1.54) is 18.2 Å². The third-order valence-corrected chi connectivity index (χ3v) is 7.52. The van der Waals surface area contributed by atoms with Gasteiger partial charge in [0.1, 0.15) is 27.0 Å². The predicted octanol–water partition coefficient (Wildman–Crippen LogP) is 7.73. The van der Waals surface area contributed by atoms with Gasteiger partial charge in [0.25, 0.3) is 16.0 Å². The van der Waals surface area contributed by atoms with E-state index in [9.17, 15) is 22.9 Å². The van der Waals surface area contributed by atoms with Gasteiger partial charge in [0.2, 0.25) is 0 Å². The molecule has 0 spiro atoms. The number of nitrogens with zero attached hydrogens (tertiary/aromatic N) is 2. The average Bonchev–Trinajstić information content (AvgIpc) is 2.90. The third kappa shape index (κ3) is 5.84. The van der Waals surface area contributed by atoms with Gasteiger partial charge in [-0.05, 0) is 48.6 Å². The van der Waals surface area contributed by atoms with Crippen LogP contribution in [0.25, 0.3) is 10.8 Å². The van der Waals surface area contributed by atoms with Gasteiger partial charge >= 0.3 is 0 Å². The molecule has 3 N–H and O–H groups in total. The SMILES string of the molecule is CCOc1cccc(NC(=O)c2cc3ccccc3c(N=Nc3c(S(=O)(=O)O)ccc(CC)c3Cl)c2O)c1Cl. The maximum atomic E-state index is 13.3. The second kappa shape index (κ2) is 11.6. The van der Waals surface area contributed by atoms with Crippen molar-refractivity contribution in [3.8, 4) is 11.5 Å². The summed E-state index contributed by atoms with van der Waals surface area (Å²) >= 11 is 12.8. The smallest absolute Gasteiger partial charge is 0.296 e. The molecular weight excluding hydrogens is 565 g/mol. The highest BCUT2D eigenvalue weighted by molar-refractivity contribution is 7.86. The molecule has 4 rings (SSSR count). The van der Waals surface area contributed by atoms with Gasteiger partial charge in [-0.1, -0.05) is 66.5 Å². The molecule has 0 heterocycles. The number of aryl methyl sites for hydroxylation is 1. The maximum absolute atomic E-state index is 13.3. The number of rotatable bonds is 8. The van der Waals surface area contributed by atoms with Gasteiger partial charge in [0, 0.05) is 5.39 Å². The van der Waals surface area contributed by atoms with Crippen molar-refractivity contribution in [1.29, 1.82) is 0 Å². The van der Waals surface area contributed by atoms with Crippen LogP contribution in [-0.2, 0) is 16.5 Å². The van der Waals surface area contributed by atoms with E-state index >= 15 is 0 Å². The van der Waals surface area contributed by atoms with Crippen LogP contribution in [0.5, 0.6) is 11.5 Å². The molecule has 9 nitrogen and oxygen atoms in total. The van der Waals surface area contributed by atoms with Crippen molar-refractivity contribution in [2.75, 3.05) is 11.9 Å². The number of nitrogens with one attached hydrogen (secondary N) is 1. The van der Waals surface area contributed by atoms with Crippen molar-refractivity contribution in [2.45, 2.75) is 25.2 Å². The molecule has 1 amide bonds. The van der Waals surface area contributed by atoms with E-state index in [-0.39, 0.29) is 32.7 Å². The Morgan fingerprint density at radius 3 is 2.38 bits per heavy atom. The summed E-state index contributed by atoms with van der Waals surface area (Å²) in [5.74, 6) is -0.812.